The highest BCUT2D eigenvalue weighted by Crippen LogP contribution is 2.18. The molecule has 0 aliphatic heterocycles. The van der Waals surface area contributed by atoms with Gasteiger partial charge in [-0.1, -0.05) is 357 Å². The largest absolute Gasteiger partial charge is 0.466 e. The van der Waals surface area contributed by atoms with Crippen LogP contribution in [0.15, 0.2) is 60.8 Å². The lowest BCUT2D eigenvalue weighted by molar-refractivity contribution is -0.143. The second kappa shape index (κ2) is 74.0. The van der Waals surface area contributed by atoms with E-state index in [2.05, 4.69) is 67.8 Å². The number of hydrogen-bond donors (Lipinski definition) is 3. The summed E-state index contributed by atoms with van der Waals surface area (Å²) in [5.74, 6) is -0.0530. The molecule has 0 aliphatic rings. The molecule has 6 heteroatoms. The third-order valence-electron chi connectivity index (χ3n) is 17.5. The summed E-state index contributed by atoms with van der Waals surface area (Å²) in [4.78, 5) is 24.6. The predicted octanol–water partition coefficient (Wildman–Crippen LogP) is 25.0. The van der Waals surface area contributed by atoms with Crippen molar-refractivity contribution < 1.29 is 24.5 Å². The highest BCUT2D eigenvalue weighted by molar-refractivity contribution is 5.76. The molecule has 0 spiro atoms. The minimum absolute atomic E-state index is 0.0108. The van der Waals surface area contributed by atoms with Gasteiger partial charge in [0, 0.05) is 12.8 Å². The topological polar surface area (TPSA) is 95.9 Å². The Hall–Kier alpha value is -2.44. The lowest BCUT2D eigenvalue weighted by atomic mass is 10.0. The van der Waals surface area contributed by atoms with Crippen LogP contribution in [0, 0.1) is 0 Å². The van der Waals surface area contributed by atoms with E-state index in [0.717, 1.165) is 57.8 Å². The summed E-state index contributed by atoms with van der Waals surface area (Å²) < 4.78 is 5.50. The smallest absolute Gasteiger partial charge is 0.305 e. The third-order valence-corrected chi connectivity index (χ3v) is 17.5. The van der Waals surface area contributed by atoms with E-state index in [1.807, 2.05) is 6.08 Å². The van der Waals surface area contributed by atoms with E-state index in [0.29, 0.717) is 19.4 Å². The Kier molecular flexibility index (Phi) is 71.9. The minimum Gasteiger partial charge on any atom is -0.466 e. The van der Waals surface area contributed by atoms with Crippen molar-refractivity contribution in [2.45, 2.75) is 418 Å². The summed E-state index contributed by atoms with van der Waals surface area (Å²) in [6.07, 6.45) is 99.0. The molecule has 0 saturated heterocycles. The number of aliphatic hydroxyl groups excluding tert-OH is 2. The minimum atomic E-state index is -0.843. The lowest BCUT2D eigenvalue weighted by Gasteiger charge is -2.20. The van der Waals surface area contributed by atoms with Gasteiger partial charge in [0.05, 0.1) is 25.4 Å². The van der Waals surface area contributed by atoms with Gasteiger partial charge in [-0.05, 0) is 96.3 Å². The third kappa shape index (κ3) is 70.5. The molecule has 0 rings (SSSR count). The molecule has 6 nitrogen and oxygen atoms in total. The Balaban J connectivity index is 3.37. The van der Waals surface area contributed by atoms with Gasteiger partial charge in [-0.15, -0.1) is 0 Å². The molecule has 0 aliphatic carbocycles. The van der Waals surface area contributed by atoms with Crippen molar-refractivity contribution in [1.29, 1.82) is 0 Å². The molecule has 0 radical (unpaired) electrons. The van der Waals surface area contributed by atoms with Crippen molar-refractivity contribution in [2.75, 3.05) is 13.2 Å². The first-order chi connectivity index (χ1) is 42.0. The highest BCUT2D eigenvalue weighted by atomic mass is 16.5. The number of hydrogen-bond acceptors (Lipinski definition) is 5. The van der Waals surface area contributed by atoms with Gasteiger partial charge in [0.15, 0.2) is 0 Å². The van der Waals surface area contributed by atoms with Crippen molar-refractivity contribution in [3.05, 3.63) is 60.8 Å². The summed E-state index contributed by atoms with van der Waals surface area (Å²) in [6, 6.07) is -0.626. The van der Waals surface area contributed by atoms with Crippen LogP contribution in [0.1, 0.15) is 406 Å². The number of ether oxygens (including phenoxy) is 1. The number of unbranched alkanes of at least 4 members (excludes halogenated alkanes) is 52. The second-order valence-corrected chi connectivity index (χ2v) is 26.0. The van der Waals surface area contributed by atoms with Gasteiger partial charge in [0.1, 0.15) is 0 Å². The van der Waals surface area contributed by atoms with E-state index in [4.69, 9.17) is 4.74 Å². The van der Waals surface area contributed by atoms with E-state index in [1.54, 1.807) is 6.08 Å². The number of allylic oxidation sites excluding steroid dienone is 9. The summed E-state index contributed by atoms with van der Waals surface area (Å²) >= 11 is 0. The van der Waals surface area contributed by atoms with Crippen LogP contribution < -0.4 is 5.32 Å². The maximum Gasteiger partial charge on any atom is 0.305 e. The molecule has 0 bridgehead atoms. The molecule has 0 fully saturated rings. The van der Waals surface area contributed by atoms with Crippen molar-refractivity contribution in [2.24, 2.45) is 0 Å². The zero-order chi connectivity index (χ0) is 61.3. The van der Waals surface area contributed by atoms with Gasteiger partial charge in [-0.2, -0.15) is 0 Å². The van der Waals surface area contributed by atoms with Gasteiger partial charge in [-0.3, -0.25) is 9.59 Å². The molecular formula is C79H147NO5. The number of carbonyl (C=O) groups excluding carboxylic acids is 2. The van der Waals surface area contributed by atoms with E-state index in [-0.39, 0.29) is 18.5 Å². The average molecular weight is 1190 g/mol. The van der Waals surface area contributed by atoms with E-state index >= 15 is 0 Å². The number of rotatable bonds is 71. The second-order valence-electron chi connectivity index (χ2n) is 26.0. The van der Waals surface area contributed by atoms with Gasteiger partial charge in [0.2, 0.25) is 5.91 Å². The molecule has 498 valence electrons. The van der Waals surface area contributed by atoms with Crippen LogP contribution >= 0.6 is 0 Å². The quantitative estimate of drug-likeness (QED) is 0.0320. The Morgan fingerprint density at radius 1 is 0.329 bits per heavy atom. The first-order valence-electron chi connectivity index (χ1n) is 38.1. The van der Waals surface area contributed by atoms with Crippen molar-refractivity contribution in [3.63, 3.8) is 0 Å². The lowest BCUT2D eigenvalue weighted by Crippen LogP contribution is -2.45. The predicted molar refractivity (Wildman–Crippen MR) is 375 cm³/mol. The molecule has 0 aromatic heterocycles. The monoisotopic (exact) mass is 1190 g/mol. The van der Waals surface area contributed by atoms with Crippen LogP contribution in [0.2, 0.25) is 0 Å². The number of nitrogens with one attached hydrogen (secondary N) is 1. The number of carbonyl (C=O) groups is 2. The standard InChI is InChI=1S/C79H147NO5/c1-3-5-7-9-11-13-15-17-19-41-45-49-53-57-61-65-69-73-79(84)85-74-70-66-62-58-54-50-46-43-40-38-36-34-32-30-28-26-24-22-20-21-23-25-27-29-31-33-35-37-39-42-44-48-52-56-60-64-68-72-78(83)80-76(75-81)77(82)71-67-63-59-55-51-47-18-16-14-12-10-8-6-4-2/h11,13,17,19-20,22,26,28,67,71,76-77,81-82H,3-10,12,14-16,18,21,23-25,27,29-66,68-70,72-75H2,1-2H3,(H,80,83)/b13-11-,19-17-,22-20-,28-26-,71-67+. The molecule has 2 atom stereocenters. The maximum absolute atomic E-state index is 12.5. The fraction of sp³-hybridized carbons (Fsp3) is 0.848. The summed E-state index contributed by atoms with van der Waals surface area (Å²) in [5, 5.41) is 23.2. The average Bonchev–Trinajstić information content (AvgIpc) is 3.52. The number of amides is 1. The zero-order valence-corrected chi connectivity index (χ0v) is 57.1. The molecule has 0 aromatic carbocycles. The van der Waals surface area contributed by atoms with Crippen LogP contribution in [0.5, 0.6) is 0 Å². The number of esters is 1. The summed E-state index contributed by atoms with van der Waals surface area (Å²) in [5.41, 5.74) is 0. The Bertz CT molecular complexity index is 1470. The van der Waals surface area contributed by atoms with Gasteiger partial charge >= 0.3 is 5.97 Å². The molecule has 2 unspecified atom stereocenters. The molecule has 3 N–H and O–H groups in total. The van der Waals surface area contributed by atoms with Gasteiger partial charge in [-0.25, -0.2) is 0 Å². The van der Waals surface area contributed by atoms with Crippen molar-refractivity contribution >= 4 is 11.9 Å². The SMILES string of the molecule is CCCCC/C=C\C/C=C\CCCCCCCCCC(=O)OCCCCCCCCCCCCCCC/C=C\C/C=C\CCCCCCCCCCCCCCCCCCCC(=O)NC(CO)C(O)/C=C/CCCCCCCCCCCCCC. The molecule has 85 heavy (non-hydrogen) atoms. The van der Waals surface area contributed by atoms with Crippen LogP contribution in [-0.2, 0) is 14.3 Å². The fourth-order valence-electron chi connectivity index (χ4n) is 11.7. The molecular weight excluding hydrogens is 1040 g/mol. The van der Waals surface area contributed by atoms with Crippen molar-refractivity contribution in [3.8, 4) is 0 Å². The summed E-state index contributed by atoms with van der Waals surface area (Å²) in [6.45, 7) is 4.90. The highest BCUT2D eigenvalue weighted by Gasteiger charge is 2.18. The zero-order valence-electron chi connectivity index (χ0n) is 57.1. The Morgan fingerprint density at radius 2 is 0.588 bits per heavy atom. The maximum atomic E-state index is 12.5. The molecule has 0 saturated carbocycles. The Morgan fingerprint density at radius 3 is 0.918 bits per heavy atom. The van der Waals surface area contributed by atoms with Crippen LogP contribution in [0.4, 0.5) is 0 Å². The fourth-order valence-corrected chi connectivity index (χ4v) is 11.7. The van der Waals surface area contributed by atoms with Gasteiger partial charge in [0.25, 0.3) is 0 Å². The van der Waals surface area contributed by atoms with Crippen molar-refractivity contribution in [1.82, 2.24) is 5.32 Å². The number of aliphatic hydroxyl groups is 2. The van der Waals surface area contributed by atoms with Gasteiger partial charge < -0.3 is 20.3 Å². The van der Waals surface area contributed by atoms with Crippen LogP contribution in [-0.4, -0.2) is 47.4 Å². The molecule has 1 amide bonds. The van der Waals surface area contributed by atoms with Crippen LogP contribution in [0.3, 0.4) is 0 Å². The van der Waals surface area contributed by atoms with E-state index in [1.165, 1.54) is 321 Å². The first-order valence-corrected chi connectivity index (χ1v) is 38.1. The molecule has 0 heterocycles. The summed E-state index contributed by atoms with van der Waals surface area (Å²) in [7, 11) is 0. The van der Waals surface area contributed by atoms with Crippen LogP contribution in [0.25, 0.3) is 0 Å². The molecule has 0 aromatic rings. The normalized spacial score (nSPS) is 12.8. The van der Waals surface area contributed by atoms with E-state index < -0.39 is 12.1 Å². The van der Waals surface area contributed by atoms with E-state index in [9.17, 15) is 19.8 Å². The Labute approximate surface area is 530 Å². The first kappa shape index (κ1) is 82.6.